The molecule has 0 saturated carbocycles. The molecule has 2 unspecified atom stereocenters. The summed E-state index contributed by atoms with van der Waals surface area (Å²) in [6.07, 6.45) is -0.207. The molecule has 4 aromatic carbocycles. The van der Waals surface area contributed by atoms with E-state index in [4.69, 9.17) is 30.4 Å². The molecule has 0 aliphatic carbocycles. The summed E-state index contributed by atoms with van der Waals surface area (Å²) in [4.78, 5) is 0. The van der Waals surface area contributed by atoms with Crippen molar-refractivity contribution in [3.05, 3.63) is 108 Å². The van der Waals surface area contributed by atoms with Crippen molar-refractivity contribution in [2.24, 2.45) is 0 Å². The molecule has 39 heavy (non-hydrogen) atoms. The minimum absolute atomic E-state index is 0.103. The Labute approximate surface area is 231 Å². The molecule has 4 rings (SSSR count). The molecule has 0 radical (unpaired) electrons. The van der Waals surface area contributed by atoms with Gasteiger partial charge in [-0.25, -0.2) is 0 Å². The predicted octanol–water partition coefficient (Wildman–Crippen LogP) is 6.87. The fourth-order valence-electron chi connectivity index (χ4n) is 4.15. The molecule has 0 saturated heterocycles. The smallest absolute Gasteiger partial charge is 0.130 e. The fourth-order valence-corrected chi connectivity index (χ4v) is 4.15. The van der Waals surface area contributed by atoms with Gasteiger partial charge >= 0.3 is 0 Å². The minimum atomic E-state index is -0.190. The van der Waals surface area contributed by atoms with Crippen LogP contribution >= 0.6 is 0 Å². The van der Waals surface area contributed by atoms with Crippen molar-refractivity contribution >= 4 is 11.4 Å². The van der Waals surface area contributed by atoms with Crippen molar-refractivity contribution in [1.82, 2.24) is 0 Å². The Hall–Kier alpha value is -4.32. The summed E-state index contributed by atoms with van der Waals surface area (Å²) in [6.45, 7) is 9.29. The summed E-state index contributed by atoms with van der Waals surface area (Å²) in [6, 6.07) is 31.2. The van der Waals surface area contributed by atoms with Gasteiger partial charge in [-0.05, 0) is 97.8 Å². The van der Waals surface area contributed by atoms with E-state index in [2.05, 4.69) is 38.1 Å². The van der Waals surface area contributed by atoms with E-state index in [0.29, 0.717) is 24.6 Å². The van der Waals surface area contributed by atoms with E-state index >= 15 is 0 Å². The van der Waals surface area contributed by atoms with E-state index in [0.717, 1.165) is 23.0 Å². The van der Waals surface area contributed by atoms with Crippen molar-refractivity contribution in [1.29, 1.82) is 0 Å². The van der Waals surface area contributed by atoms with E-state index < -0.39 is 0 Å². The second-order valence-electron chi connectivity index (χ2n) is 10.3. The number of anilines is 2. The van der Waals surface area contributed by atoms with Crippen LogP contribution in [-0.4, -0.2) is 25.4 Å². The van der Waals surface area contributed by atoms with Gasteiger partial charge in [-0.15, -0.1) is 0 Å². The van der Waals surface area contributed by atoms with Gasteiger partial charge in [-0.1, -0.05) is 38.1 Å². The van der Waals surface area contributed by atoms with Crippen molar-refractivity contribution < 1.29 is 18.9 Å². The second kappa shape index (κ2) is 12.5. The summed E-state index contributed by atoms with van der Waals surface area (Å²) in [7, 11) is 0. The summed E-state index contributed by atoms with van der Waals surface area (Å²) < 4.78 is 23.7. The van der Waals surface area contributed by atoms with E-state index in [1.807, 2.05) is 86.6 Å². The number of benzene rings is 4. The molecule has 0 fully saturated rings. The molecule has 0 heterocycles. The summed E-state index contributed by atoms with van der Waals surface area (Å²) in [5, 5.41) is 0. The van der Waals surface area contributed by atoms with Crippen LogP contribution in [0, 0.1) is 0 Å². The molecule has 2 atom stereocenters. The van der Waals surface area contributed by atoms with E-state index in [9.17, 15) is 0 Å². The first-order valence-corrected chi connectivity index (χ1v) is 13.2. The lowest BCUT2D eigenvalue weighted by Crippen LogP contribution is -2.22. The van der Waals surface area contributed by atoms with Gasteiger partial charge in [-0.3, -0.25) is 0 Å². The second-order valence-corrected chi connectivity index (χ2v) is 10.3. The zero-order chi connectivity index (χ0) is 27.8. The van der Waals surface area contributed by atoms with Crippen LogP contribution in [0.4, 0.5) is 11.4 Å². The van der Waals surface area contributed by atoms with Crippen molar-refractivity contribution in [2.75, 3.05) is 24.7 Å². The average molecular weight is 527 g/mol. The van der Waals surface area contributed by atoms with Crippen LogP contribution in [0.5, 0.6) is 23.0 Å². The molecule has 0 aliphatic rings. The Balaban J connectivity index is 1.28. The van der Waals surface area contributed by atoms with Gasteiger partial charge in [0.15, 0.2) is 0 Å². The lowest BCUT2D eigenvalue weighted by Gasteiger charge is -2.27. The van der Waals surface area contributed by atoms with Crippen LogP contribution in [0.15, 0.2) is 97.1 Å². The van der Waals surface area contributed by atoms with Crippen molar-refractivity contribution in [3.63, 3.8) is 0 Å². The highest BCUT2D eigenvalue weighted by Crippen LogP contribution is 2.33. The SMILES string of the molecule is CC(COc1ccc(N)cc1)Oc1ccc(C(C)(C)c2ccc(OC(C)COc3ccc(N)cc3)cc2)cc1. The van der Waals surface area contributed by atoms with Crippen molar-refractivity contribution in [3.8, 4) is 23.0 Å². The maximum Gasteiger partial charge on any atom is 0.130 e. The third-order valence-electron chi connectivity index (χ3n) is 6.56. The van der Waals surface area contributed by atoms with Crippen LogP contribution in [0.1, 0.15) is 38.8 Å². The van der Waals surface area contributed by atoms with Crippen LogP contribution in [0.2, 0.25) is 0 Å². The van der Waals surface area contributed by atoms with Gasteiger partial charge in [-0.2, -0.15) is 0 Å². The fraction of sp³-hybridized carbons (Fsp3) is 0.273. The number of nitrogen functional groups attached to an aromatic ring is 2. The number of hydrogen-bond donors (Lipinski definition) is 2. The first-order chi connectivity index (χ1) is 18.7. The predicted molar refractivity (Wildman–Crippen MR) is 158 cm³/mol. The Morgan fingerprint density at radius 3 is 1.15 bits per heavy atom. The maximum atomic E-state index is 6.06. The molecule has 0 amide bonds. The molecule has 6 heteroatoms. The summed E-state index contributed by atoms with van der Waals surface area (Å²) in [5.74, 6) is 3.16. The molecule has 0 spiro atoms. The normalized spacial score (nSPS) is 12.8. The largest absolute Gasteiger partial charge is 0.490 e. The molecule has 6 nitrogen and oxygen atoms in total. The molecule has 204 valence electrons. The third-order valence-corrected chi connectivity index (χ3v) is 6.56. The number of ether oxygens (including phenoxy) is 4. The highest BCUT2D eigenvalue weighted by atomic mass is 16.5. The summed E-state index contributed by atoms with van der Waals surface area (Å²) in [5.41, 5.74) is 15.1. The third kappa shape index (κ3) is 7.84. The molecule has 4 N–H and O–H groups in total. The average Bonchev–Trinajstić information content (AvgIpc) is 2.93. The maximum absolute atomic E-state index is 6.06. The molecular weight excluding hydrogens is 488 g/mol. The van der Waals surface area contributed by atoms with Crippen LogP contribution in [0.3, 0.4) is 0 Å². The van der Waals surface area contributed by atoms with Crippen molar-refractivity contribution in [2.45, 2.75) is 45.3 Å². The van der Waals surface area contributed by atoms with E-state index in [1.54, 1.807) is 0 Å². The van der Waals surface area contributed by atoms with Gasteiger partial charge in [0, 0.05) is 16.8 Å². The topological polar surface area (TPSA) is 89.0 Å². The molecule has 0 bridgehead atoms. The van der Waals surface area contributed by atoms with Gasteiger partial charge in [0.25, 0.3) is 0 Å². The Kier molecular flexibility index (Phi) is 8.87. The standard InChI is InChI=1S/C33H38N2O4/c1-23(21-36-29-17-9-27(34)10-18-29)38-31-13-5-25(6-14-31)33(3,4)26-7-15-32(16-8-26)39-24(2)22-37-30-19-11-28(35)12-20-30/h5-20,23-24H,21-22,34-35H2,1-4H3. The van der Waals surface area contributed by atoms with E-state index in [1.165, 1.54) is 11.1 Å². The van der Waals surface area contributed by atoms with Gasteiger partial charge in [0.2, 0.25) is 0 Å². The molecular formula is C33H38N2O4. The van der Waals surface area contributed by atoms with Crippen LogP contribution in [0.25, 0.3) is 0 Å². The molecule has 0 aromatic heterocycles. The highest BCUT2D eigenvalue weighted by Gasteiger charge is 2.23. The monoisotopic (exact) mass is 526 g/mol. The quantitative estimate of drug-likeness (QED) is 0.196. The Bertz CT molecular complexity index is 1200. The zero-order valence-corrected chi connectivity index (χ0v) is 23.1. The number of rotatable bonds is 12. The Morgan fingerprint density at radius 1 is 0.513 bits per heavy atom. The van der Waals surface area contributed by atoms with Gasteiger partial charge in [0.05, 0.1) is 0 Å². The first kappa shape index (κ1) is 27.7. The van der Waals surface area contributed by atoms with Gasteiger partial charge < -0.3 is 30.4 Å². The zero-order valence-electron chi connectivity index (χ0n) is 23.1. The Morgan fingerprint density at radius 2 is 0.821 bits per heavy atom. The van der Waals surface area contributed by atoms with Crippen LogP contribution in [-0.2, 0) is 5.41 Å². The molecule has 4 aromatic rings. The summed E-state index contributed by atoms with van der Waals surface area (Å²) >= 11 is 0. The van der Waals surface area contributed by atoms with Gasteiger partial charge in [0.1, 0.15) is 48.4 Å². The highest BCUT2D eigenvalue weighted by molar-refractivity contribution is 5.43. The lowest BCUT2D eigenvalue weighted by atomic mass is 9.78. The minimum Gasteiger partial charge on any atom is -0.490 e. The van der Waals surface area contributed by atoms with Crippen LogP contribution < -0.4 is 30.4 Å². The first-order valence-electron chi connectivity index (χ1n) is 13.2. The van der Waals surface area contributed by atoms with E-state index in [-0.39, 0.29) is 17.6 Å². The number of hydrogen-bond acceptors (Lipinski definition) is 6. The number of nitrogens with two attached hydrogens (primary N) is 2. The lowest BCUT2D eigenvalue weighted by molar-refractivity contribution is 0.143. The molecule has 0 aliphatic heterocycles.